The predicted molar refractivity (Wildman–Crippen MR) is 64.9 cm³/mol. The molecule has 84 valence electrons. The average molecular weight is 217 g/mol. The fourth-order valence-electron chi connectivity index (χ4n) is 1.49. The Balaban J connectivity index is 3.05. The molecule has 0 fully saturated rings. The molecule has 0 aliphatic rings. The lowest BCUT2D eigenvalue weighted by Crippen LogP contribution is -2.21. The standard InChI is InChI=1S/C13H15NO2/c1-4-5-8-14(3)12-9-10(2)6-7-11(12)13(15)16/h1,6-7,9H,5,8H2,2-3H3,(H,15,16). The van der Waals surface area contributed by atoms with E-state index in [9.17, 15) is 4.79 Å². The van der Waals surface area contributed by atoms with Gasteiger partial charge in [0.05, 0.1) is 11.3 Å². The summed E-state index contributed by atoms with van der Waals surface area (Å²) in [6.45, 7) is 2.59. The van der Waals surface area contributed by atoms with E-state index in [2.05, 4.69) is 5.92 Å². The van der Waals surface area contributed by atoms with Gasteiger partial charge in [-0.2, -0.15) is 0 Å². The van der Waals surface area contributed by atoms with Crippen molar-refractivity contribution in [2.45, 2.75) is 13.3 Å². The van der Waals surface area contributed by atoms with Crippen LogP contribution in [-0.4, -0.2) is 24.7 Å². The Kier molecular flexibility index (Phi) is 3.96. The highest BCUT2D eigenvalue weighted by Gasteiger charge is 2.12. The zero-order valence-corrected chi connectivity index (χ0v) is 9.53. The molecule has 0 amide bonds. The smallest absolute Gasteiger partial charge is 0.337 e. The normalized spacial score (nSPS) is 9.56. The summed E-state index contributed by atoms with van der Waals surface area (Å²) in [6.07, 6.45) is 5.79. The molecule has 16 heavy (non-hydrogen) atoms. The summed E-state index contributed by atoms with van der Waals surface area (Å²) in [5, 5.41) is 9.06. The molecule has 0 saturated carbocycles. The van der Waals surface area contributed by atoms with Gasteiger partial charge >= 0.3 is 5.97 Å². The summed E-state index contributed by atoms with van der Waals surface area (Å²) in [5.74, 6) is 1.63. The van der Waals surface area contributed by atoms with Crippen molar-refractivity contribution in [3.05, 3.63) is 29.3 Å². The maximum absolute atomic E-state index is 11.0. The van der Waals surface area contributed by atoms with Crippen LogP contribution in [0.5, 0.6) is 0 Å². The van der Waals surface area contributed by atoms with Crippen LogP contribution in [0, 0.1) is 19.3 Å². The van der Waals surface area contributed by atoms with Gasteiger partial charge in [-0.1, -0.05) is 6.07 Å². The molecule has 0 aliphatic carbocycles. The number of aromatic carboxylic acids is 1. The Morgan fingerprint density at radius 1 is 1.56 bits per heavy atom. The van der Waals surface area contributed by atoms with Crippen LogP contribution in [0.15, 0.2) is 18.2 Å². The number of hydrogen-bond donors (Lipinski definition) is 1. The third-order valence-electron chi connectivity index (χ3n) is 2.39. The first kappa shape index (κ1) is 12.1. The van der Waals surface area contributed by atoms with Crippen molar-refractivity contribution in [2.24, 2.45) is 0 Å². The molecule has 0 atom stereocenters. The number of carbonyl (C=O) groups is 1. The number of benzene rings is 1. The Labute approximate surface area is 95.7 Å². The highest BCUT2D eigenvalue weighted by Crippen LogP contribution is 2.21. The van der Waals surface area contributed by atoms with E-state index in [4.69, 9.17) is 11.5 Å². The monoisotopic (exact) mass is 217 g/mol. The van der Waals surface area contributed by atoms with E-state index in [-0.39, 0.29) is 0 Å². The van der Waals surface area contributed by atoms with Crippen LogP contribution in [0.1, 0.15) is 22.3 Å². The van der Waals surface area contributed by atoms with Crippen LogP contribution in [0.3, 0.4) is 0 Å². The molecule has 3 nitrogen and oxygen atoms in total. The Morgan fingerprint density at radius 2 is 2.25 bits per heavy atom. The topological polar surface area (TPSA) is 40.5 Å². The number of carboxylic acid groups (broad SMARTS) is 1. The summed E-state index contributed by atoms with van der Waals surface area (Å²) in [7, 11) is 1.85. The van der Waals surface area contributed by atoms with E-state index in [0.717, 1.165) is 5.56 Å². The van der Waals surface area contributed by atoms with Gasteiger partial charge in [0.1, 0.15) is 0 Å². The SMILES string of the molecule is C#CCCN(C)c1cc(C)ccc1C(=O)O. The summed E-state index contributed by atoms with van der Waals surface area (Å²) >= 11 is 0. The van der Waals surface area contributed by atoms with E-state index in [0.29, 0.717) is 24.2 Å². The quantitative estimate of drug-likeness (QED) is 0.786. The fraction of sp³-hybridized carbons (Fsp3) is 0.308. The number of hydrogen-bond acceptors (Lipinski definition) is 2. The second kappa shape index (κ2) is 5.22. The predicted octanol–water partition coefficient (Wildman–Crippen LogP) is 2.15. The third-order valence-corrected chi connectivity index (χ3v) is 2.39. The first-order valence-corrected chi connectivity index (χ1v) is 5.05. The van der Waals surface area contributed by atoms with Crippen LogP contribution >= 0.6 is 0 Å². The fourth-order valence-corrected chi connectivity index (χ4v) is 1.49. The Morgan fingerprint density at radius 3 is 2.81 bits per heavy atom. The molecule has 0 heterocycles. The number of aryl methyl sites for hydroxylation is 1. The van der Waals surface area contributed by atoms with Gasteiger partial charge in [-0.3, -0.25) is 0 Å². The van der Waals surface area contributed by atoms with Crippen LogP contribution in [0.25, 0.3) is 0 Å². The maximum Gasteiger partial charge on any atom is 0.337 e. The summed E-state index contributed by atoms with van der Waals surface area (Å²) < 4.78 is 0. The molecule has 1 aromatic carbocycles. The van der Waals surface area contributed by atoms with Gasteiger partial charge in [0.15, 0.2) is 0 Å². The molecule has 0 bridgehead atoms. The lowest BCUT2D eigenvalue weighted by Gasteiger charge is -2.20. The van der Waals surface area contributed by atoms with Crippen molar-refractivity contribution >= 4 is 11.7 Å². The largest absolute Gasteiger partial charge is 0.478 e. The molecule has 1 N–H and O–H groups in total. The molecule has 1 aromatic rings. The van der Waals surface area contributed by atoms with E-state index in [1.165, 1.54) is 0 Å². The maximum atomic E-state index is 11.0. The highest BCUT2D eigenvalue weighted by molar-refractivity contribution is 5.94. The van der Waals surface area contributed by atoms with Crippen LogP contribution < -0.4 is 4.90 Å². The van der Waals surface area contributed by atoms with Crippen LogP contribution in [0.2, 0.25) is 0 Å². The minimum Gasteiger partial charge on any atom is -0.478 e. The number of nitrogens with zero attached hydrogens (tertiary/aromatic N) is 1. The van der Waals surface area contributed by atoms with E-state index in [1.807, 2.05) is 24.9 Å². The molecule has 0 aliphatic heterocycles. The minimum absolute atomic E-state index is 0.310. The zero-order chi connectivity index (χ0) is 12.1. The lowest BCUT2D eigenvalue weighted by molar-refractivity contribution is 0.0697. The molecule has 0 unspecified atom stereocenters. The molecule has 1 rings (SSSR count). The second-order valence-corrected chi connectivity index (χ2v) is 3.70. The van der Waals surface area contributed by atoms with Gasteiger partial charge < -0.3 is 10.0 Å². The molecule has 0 saturated heterocycles. The average Bonchev–Trinajstić information content (AvgIpc) is 2.25. The molecule has 0 radical (unpaired) electrons. The Hall–Kier alpha value is -1.95. The summed E-state index contributed by atoms with van der Waals surface area (Å²) in [6, 6.07) is 5.28. The molecular weight excluding hydrogens is 202 g/mol. The summed E-state index contributed by atoms with van der Waals surface area (Å²) in [4.78, 5) is 12.9. The third kappa shape index (κ3) is 2.77. The Bertz CT molecular complexity index is 432. The number of rotatable bonds is 4. The van der Waals surface area contributed by atoms with Crippen molar-refractivity contribution in [1.29, 1.82) is 0 Å². The minimum atomic E-state index is -0.914. The van der Waals surface area contributed by atoms with Crippen molar-refractivity contribution in [2.75, 3.05) is 18.5 Å². The van der Waals surface area contributed by atoms with E-state index in [1.54, 1.807) is 12.1 Å². The van der Waals surface area contributed by atoms with Crippen molar-refractivity contribution in [3.8, 4) is 12.3 Å². The van der Waals surface area contributed by atoms with Gasteiger partial charge in [-0.25, -0.2) is 4.79 Å². The van der Waals surface area contributed by atoms with Crippen LogP contribution in [-0.2, 0) is 0 Å². The lowest BCUT2D eigenvalue weighted by atomic mass is 10.1. The van der Waals surface area contributed by atoms with Crippen molar-refractivity contribution in [1.82, 2.24) is 0 Å². The molecular formula is C13H15NO2. The van der Waals surface area contributed by atoms with Crippen molar-refractivity contribution < 1.29 is 9.90 Å². The number of carboxylic acids is 1. The first-order chi connectivity index (χ1) is 7.56. The van der Waals surface area contributed by atoms with Gasteiger partial charge in [-0.15, -0.1) is 12.3 Å². The van der Waals surface area contributed by atoms with E-state index < -0.39 is 5.97 Å². The van der Waals surface area contributed by atoms with Crippen LogP contribution in [0.4, 0.5) is 5.69 Å². The van der Waals surface area contributed by atoms with Gasteiger partial charge in [0.25, 0.3) is 0 Å². The van der Waals surface area contributed by atoms with Gasteiger partial charge in [0.2, 0.25) is 0 Å². The molecule has 0 spiro atoms. The second-order valence-electron chi connectivity index (χ2n) is 3.70. The highest BCUT2D eigenvalue weighted by atomic mass is 16.4. The van der Waals surface area contributed by atoms with Crippen molar-refractivity contribution in [3.63, 3.8) is 0 Å². The molecule has 3 heteroatoms. The summed E-state index contributed by atoms with van der Waals surface area (Å²) in [5.41, 5.74) is 2.06. The number of terminal acetylenes is 1. The number of anilines is 1. The van der Waals surface area contributed by atoms with Gasteiger partial charge in [0, 0.05) is 20.0 Å². The first-order valence-electron chi connectivity index (χ1n) is 5.05. The van der Waals surface area contributed by atoms with E-state index >= 15 is 0 Å². The zero-order valence-electron chi connectivity index (χ0n) is 9.53. The van der Waals surface area contributed by atoms with Gasteiger partial charge in [-0.05, 0) is 24.6 Å². The molecule has 0 aromatic heterocycles.